The molecule has 0 heterocycles. The molecule has 1 N–H and O–H groups in total. The van der Waals surface area contributed by atoms with E-state index in [4.69, 9.17) is 23.2 Å². The highest BCUT2D eigenvalue weighted by atomic mass is 35.5. The third-order valence-electron chi connectivity index (χ3n) is 6.57. The minimum Gasteiger partial charge on any atom is -0.352 e. The maximum atomic E-state index is 14.1. The van der Waals surface area contributed by atoms with Crippen molar-refractivity contribution in [3.05, 3.63) is 99.5 Å². The Bertz CT molecular complexity index is 1430. The minimum absolute atomic E-state index is 0.0892. The highest BCUT2D eigenvalue weighted by Crippen LogP contribution is 2.30. The molecule has 7 nitrogen and oxygen atoms in total. The summed E-state index contributed by atoms with van der Waals surface area (Å²) in [6.45, 7) is 5.37. The van der Waals surface area contributed by atoms with E-state index in [0.717, 1.165) is 27.3 Å². The second-order valence-corrected chi connectivity index (χ2v) is 12.6. The fourth-order valence-electron chi connectivity index (χ4n) is 4.28. The smallest absolute Gasteiger partial charge is 0.244 e. The van der Waals surface area contributed by atoms with E-state index in [-0.39, 0.29) is 35.6 Å². The molecule has 0 radical (unpaired) electrons. The Kier molecular flexibility index (Phi) is 11.0. The van der Waals surface area contributed by atoms with Gasteiger partial charge in [-0.05, 0) is 49.6 Å². The molecule has 3 aromatic carbocycles. The number of sulfonamides is 1. The Labute approximate surface area is 247 Å². The van der Waals surface area contributed by atoms with Gasteiger partial charge in [-0.1, -0.05) is 90.3 Å². The summed E-state index contributed by atoms with van der Waals surface area (Å²) < 4.78 is 26.7. The predicted molar refractivity (Wildman–Crippen MR) is 162 cm³/mol. The van der Waals surface area contributed by atoms with Gasteiger partial charge >= 0.3 is 0 Å². The summed E-state index contributed by atoms with van der Waals surface area (Å²) in [5.74, 6) is -0.854. The van der Waals surface area contributed by atoms with Gasteiger partial charge in [-0.2, -0.15) is 0 Å². The van der Waals surface area contributed by atoms with Crippen molar-refractivity contribution in [2.24, 2.45) is 0 Å². The Morgan fingerprint density at radius 3 is 2.23 bits per heavy atom. The van der Waals surface area contributed by atoms with Crippen molar-refractivity contribution in [3.8, 4) is 0 Å². The number of aryl methyl sites for hydroxylation is 1. The first-order valence-corrected chi connectivity index (χ1v) is 15.6. The van der Waals surface area contributed by atoms with Crippen LogP contribution in [0.4, 0.5) is 5.69 Å². The Morgan fingerprint density at radius 1 is 0.950 bits per heavy atom. The van der Waals surface area contributed by atoms with Gasteiger partial charge in [0.25, 0.3) is 0 Å². The number of carbonyl (C=O) groups excluding carboxylic acids is 2. The second-order valence-electron chi connectivity index (χ2n) is 9.90. The fourth-order valence-corrected chi connectivity index (χ4v) is 5.70. The van der Waals surface area contributed by atoms with Crippen LogP contribution in [0.3, 0.4) is 0 Å². The second kappa shape index (κ2) is 14.0. The van der Waals surface area contributed by atoms with E-state index in [9.17, 15) is 18.0 Å². The number of benzene rings is 3. The molecule has 40 heavy (non-hydrogen) atoms. The van der Waals surface area contributed by atoms with Crippen LogP contribution < -0.4 is 9.62 Å². The van der Waals surface area contributed by atoms with Crippen LogP contribution in [0.5, 0.6) is 0 Å². The fraction of sp³-hybridized carbons (Fsp3) is 0.333. The molecule has 0 bridgehead atoms. The lowest BCUT2D eigenvalue weighted by atomic mass is 10.0. The van der Waals surface area contributed by atoms with Gasteiger partial charge in [-0.25, -0.2) is 8.42 Å². The average Bonchev–Trinajstić information content (AvgIpc) is 2.89. The molecule has 214 valence electrons. The molecule has 0 saturated carbocycles. The number of anilines is 1. The van der Waals surface area contributed by atoms with Crippen molar-refractivity contribution in [2.75, 3.05) is 17.1 Å². The summed E-state index contributed by atoms with van der Waals surface area (Å²) in [6, 6.07) is 20.5. The molecule has 0 spiro atoms. The van der Waals surface area contributed by atoms with Crippen molar-refractivity contribution in [2.45, 2.75) is 52.2 Å². The molecule has 0 fully saturated rings. The lowest BCUT2D eigenvalue weighted by Gasteiger charge is -2.34. The molecule has 3 aromatic rings. The van der Waals surface area contributed by atoms with Crippen LogP contribution in [0.15, 0.2) is 72.8 Å². The van der Waals surface area contributed by atoms with Crippen molar-refractivity contribution in [1.82, 2.24) is 10.2 Å². The van der Waals surface area contributed by atoms with Crippen molar-refractivity contribution >= 4 is 50.7 Å². The zero-order chi connectivity index (χ0) is 29.4. The molecule has 0 aromatic heterocycles. The van der Waals surface area contributed by atoms with Crippen LogP contribution in [-0.4, -0.2) is 50.0 Å². The monoisotopic (exact) mass is 603 g/mol. The Morgan fingerprint density at radius 2 is 1.62 bits per heavy atom. The van der Waals surface area contributed by atoms with E-state index in [1.807, 2.05) is 75.4 Å². The van der Waals surface area contributed by atoms with Gasteiger partial charge in [0.05, 0.1) is 17.0 Å². The van der Waals surface area contributed by atoms with Gasteiger partial charge in [0.15, 0.2) is 0 Å². The molecule has 0 unspecified atom stereocenters. The van der Waals surface area contributed by atoms with Gasteiger partial charge < -0.3 is 10.2 Å². The molecule has 10 heteroatoms. The van der Waals surface area contributed by atoms with E-state index < -0.39 is 28.5 Å². The zero-order valence-electron chi connectivity index (χ0n) is 23.1. The number of rotatable bonds is 12. The van der Waals surface area contributed by atoms with Crippen LogP contribution >= 0.6 is 23.2 Å². The highest BCUT2D eigenvalue weighted by Gasteiger charge is 2.33. The standard InChI is InChI=1S/C30H35Cl2N3O4S/c1-5-22(3)33-30(37)28(17-23-11-7-6-8-12-23)34(19-24-13-9-10-21(2)16-24)29(36)20-35(40(4,38)39)27-15-14-25(31)18-26(27)32/h6-16,18,22,28H,5,17,19-20H2,1-4H3,(H,33,37)/t22-,28+/m0/s1. The number of halogens is 2. The molecule has 0 aliphatic rings. The Hall–Kier alpha value is -3.07. The van der Waals surface area contributed by atoms with E-state index >= 15 is 0 Å². The van der Waals surface area contributed by atoms with Crippen LogP contribution in [0.25, 0.3) is 0 Å². The van der Waals surface area contributed by atoms with Crippen LogP contribution in [0.1, 0.15) is 37.0 Å². The summed E-state index contributed by atoms with van der Waals surface area (Å²) in [5.41, 5.74) is 2.81. The van der Waals surface area contributed by atoms with Crippen molar-refractivity contribution < 1.29 is 18.0 Å². The van der Waals surface area contributed by atoms with E-state index in [1.165, 1.54) is 23.1 Å². The summed E-state index contributed by atoms with van der Waals surface area (Å²) in [5, 5.41) is 3.43. The first-order valence-electron chi connectivity index (χ1n) is 13.0. The topological polar surface area (TPSA) is 86.8 Å². The van der Waals surface area contributed by atoms with E-state index in [0.29, 0.717) is 11.4 Å². The van der Waals surface area contributed by atoms with E-state index in [1.54, 1.807) is 0 Å². The molecular formula is C30H35Cl2N3O4S. The number of hydrogen-bond acceptors (Lipinski definition) is 4. The number of nitrogens with one attached hydrogen (secondary N) is 1. The maximum Gasteiger partial charge on any atom is 0.244 e. The van der Waals surface area contributed by atoms with E-state index in [2.05, 4.69) is 5.32 Å². The average molecular weight is 605 g/mol. The maximum absolute atomic E-state index is 14.1. The number of hydrogen-bond donors (Lipinski definition) is 1. The largest absolute Gasteiger partial charge is 0.352 e. The van der Waals surface area contributed by atoms with Gasteiger partial charge in [0, 0.05) is 24.0 Å². The normalized spacial score (nSPS) is 12.8. The third-order valence-corrected chi connectivity index (χ3v) is 8.23. The van der Waals surface area contributed by atoms with Crippen molar-refractivity contribution in [1.29, 1.82) is 0 Å². The van der Waals surface area contributed by atoms with Crippen LogP contribution in [0, 0.1) is 6.92 Å². The van der Waals surface area contributed by atoms with Crippen LogP contribution in [0.2, 0.25) is 10.0 Å². The summed E-state index contributed by atoms with van der Waals surface area (Å²) in [7, 11) is -3.93. The summed E-state index contributed by atoms with van der Waals surface area (Å²) in [4.78, 5) is 29.3. The van der Waals surface area contributed by atoms with Crippen molar-refractivity contribution in [3.63, 3.8) is 0 Å². The number of carbonyl (C=O) groups is 2. The van der Waals surface area contributed by atoms with Gasteiger partial charge in [0.2, 0.25) is 21.8 Å². The third kappa shape index (κ3) is 8.71. The molecule has 3 rings (SSSR count). The number of amides is 2. The minimum atomic E-state index is -3.93. The quantitative estimate of drug-likeness (QED) is 0.291. The summed E-state index contributed by atoms with van der Waals surface area (Å²) in [6.07, 6.45) is 1.97. The lowest BCUT2D eigenvalue weighted by molar-refractivity contribution is -0.140. The number of nitrogens with zero attached hydrogens (tertiary/aromatic N) is 2. The molecule has 0 aliphatic heterocycles. The zero-order valence-corrected chi connectivity index (χ0v) is 25.4. The van der Waals surface area contributed by atoms with Gasteiger partial charge in [-0.15, -0.1) is 0 Å². The van der Waals surface area contributed by atoms with Crippen LogP contribution in [-0.2, 0) is 32.6 Å². The summed E-state index contributed by atoms with van der Waals surface area (Å²) >= 11 is 12.4. The molecule has 2 amide bonds. The first-order chi connectivity index (χ1) is 18.9. The predicted octanol–water partition coefficient (Wildman–Crippen LogP) is 5.62. The molecule has 0 aliphatic carbocycles. The molecular weight excluding hydrogens is 569 g/mol. The van der Waals surface area contributed by atoms with Gasteiger partial charge in [-0.3, -0.25) is 13.9 Å². The lowest BCUT2D eigenvalue weighted by Crippen LogP contribution is -2.54. The molecule has 2 atom stereocenters. The SMILES string of the molecule is CC[C@H](C)NC(=O)[C@@H](Cc1ccccc1)N(Cc1cccc(C)c1)C(=O)CN(c1ccc(Cl)cc1Cl)S(C)(=O)=O. The first kappa shape index (κ1) is 31.5. The highest BCUT2D eigenvalue weighted by molar-refractivity contribution is 7.92. The molecule has 0 saturated heterocycles. The van der Waals surface area contributed by atoms with Gasteiger partial charge in [0.1, 0.15) is 12.6 Å². The Balaban J connectivity index is 2.08.